The van der Waals surface area contributed by atoms with Gasteiger partial charge in [-0.3, -0.25) is 14.4 Å². The maximum Gasteiger partial charge on any atom is 0.155 e. The molecule has 3 N–H and O–H groups in total. The third-order valence-electron chi connectivity index (χ3n) is 2.96. The maximum absolute atomic E-state index is 10.4. The minimum absolute atomic E-state index is 0. The second kappa shape index (κ2) is 21.4. The molecule has 0 fully saturated rings. The van der Waals surface area contributed by atoms with Crippen LogP contribution in [0.4, 0.5) is 0 Å². The van der Waals surface area contributed by atoms with Gasteiger partial charge in [-0.1, -0.05) is 41.5 Å². The molecule has 31 heavy (non-hydrogen) atoms. The van der Waals surface area contributed by atoms with Crippen molar-refractivity contribution >= 4 is 17.3 Å². The fourth-order valence-electron chi connectivity index (χ4n) is 2.14. The van der Waals surface area contributed by atoms with Crippen molar-refractivity contribution in [3.63, 3.8) is 0 Å². The number of aliphatic hydroxyl groups is 3. The van der Waals surface area contributed by atoms with Crippen LogP contribution < -0.4 is 0 Å². The van der Waals surface area contributed by atoms with E-state index in [1.807, 2.05) is 41.5 Å². The monoisotopic (exact) mass is 485 g/mol. The first kappa shape index (κ1) is 36.5. The van der Waals surface area contributed by atoms with Crippen LogP contribution in [0.5, 0.6) is 0 Å². The summed E-state index contributed by atoms with van der Waals surface area (Å²) < 4.78 is 0. The first-order valence-corrected chi connectivity index (χ1v) is 10.3. The summed E-state index contributed by atoms with van der Waals surface area (Å²) >= 11 is 0. The normalized spacial score (nSPS) is 11.8. The van der Waals surface area contributed by atoms with Crippen molar-refractivity contribution in [1.82, 2.24) is 0 Å². The van der Waals surface area contributed by atoms with Gasteiger partial charge in [0.2, 0.25) is 0 Å². The van der Waals surface area contributed by atoms with E-state index in [9.17, 15) is 14.4 Å². The molecular formula is C24H42CoO6. The zero-order valence-electron chi connectivity index (χ0n) is 20.5. The molecule has 0 aromatic rings. The topological polar surface area (TPSA) is 112 Å². The predicted octanol–water partition coefficient (Wildman–Crippen LogP) is 6.19. The van der Waals surface area contributed by atoms with E-state index in [0.717, 1.165) is 0 Å². The molecule has 1 radical (unpaired) electrons. The van der Waals surface area contributed by atoms with Crippen molar-refractivity contribution in [2.45, 2.75) is 81.6 Å². The number of hydrogen-bond donors (Lipinski definition) is 3. The van der Waals surface area contributed by atoms with Crippen LogP contribution in [-0.4, -0.2) is 32.7 Å². The van der Waals surface area contributed by atoms with E-state index in [1.54, 1.807) is 0 Å². The van der Waals surface area contributed by atoms with Crippen LogP contribution in [0.15, 0.2) is 35.5 Å². The van der Waals surface area contributed by atoms with E-state index in [-0.39, 0.29) is 51.4 Å². The summed E-state index contributed by atoms with van der Waals surface area (Å²) in [5, 5.41) is 27.1. The first-order chi connectivity index (χ1) is 13.6. The second-order valence-corrected chi connectivity index (χ2v) is 8.53. The molecule has 0 heterocycles. The molecule has 0 spiro atoms. The zero-order chi connectivity index (χ0) is 24.4. The number of allylic oxidation sites excluding steroid dienone is 6. The zero-order valence-corrected chi connectivity index (χ0v) is 21.5. The van der Waals surface area contributed by atoms with Gasteiger partial charge in [0, 0.05) is 54.3 Å². The molecule has 0 bridgehead atoms. The van der Waals surface area contributed by atoms with Crippen molar-refractivity contribution in [2.75, 3.05) is 0 Å². The minimum Gasteiger partial charge on any atom is -0.512 e. The number of hydrogen-bond acceptors (Lipinski definition) is 6. The van der Waals surface area contributed by atoms with Gasteiger partial charge in [-0.2, -0.15) is 0 Å². The standard InChI is InChI=1S/3C8H14O2.Co/c3*1-6(2)4-8(10)5-7(3)9;/h3*5-6,10H,4H2,1-3H3;. The van der Waals surface area contributed by atoms with Crippen LogP contribution in [-0.2, 0) is 31.2 Å². The van der Waals surface area contributed by atoms with Gasteiger partial charge in [-0.05, 0) is 38.5 Å². The number of carbonyl (C=O) groups excluding carboxylic acids is 3. The SMILES string of the molecule is CC(=O)C=C(O)CC(C)C.CC(=O)C=C(O)CC(C)C.CC(=O)C=C(O)CC(C)C.[Co]. The van der Waals surface area contributed by atoms with E-state index in [0.29, 0.717) is 37.0 Å². The Morgan fingerprint density at radius 3 is 0.806 bits per heavy atom. The quantitative estimate of drug-likeness (QED) is 0.265. The Hall–Kier alpha value is -1.86. The summed E-state index contributed by atoms with van der Waals surface area (Å²) in [4.78, 5) is 31.2. The third kappa shape index (κ3) is 39.2. The van der Waals surface area contributed by atoms with Gasteiger partial charge in [-0.25, -0.2) is 0 Å². The fourth-order valence-corrected chi connectivity index (χ4v) is 2.14. The van der Waals surface area contributed by atoms with Crippen LogP contribution in [0.3, 0.4) is 0 Å². The second-order valence-electron chi connectivity index (χ2n) is 8.53. The van der Waals surface area contributed by atoms with E-state index in [2.05, 4.69) is 0 Å². The number of aliphatic hydroxyl groups excluding tert-OH is 3. The Labute approximate surface area is 198 Å². The average molecular weight is 486 g/mol. The van der Waals surface area contributed by atoms with Gasteiger partial charge < -0.3 is 15.3 Å². The van der Waals surface area contributed by atoms with Crippen LogP contribution >= 0.6 is 0 Å². The van der Waals surface area contributed by atoms with Crippen molar-refractivity contribution in [2.24, 2.45) is 17.8 Å². The molecule has 0 amide bonds. The molecule has 0 saturated carbocycles. The van der Waals surface area contributed by atoms with Crippen LogP contribution in [0.1, 0.15) is 81.6 Å². The number of ketones is 3. The molecule has 0 atom stereocenters. The summed E-state index contributed by atoms with van der Waals surface area (Å²) in [5.41, 5.74) is 0. The molecule has 6 nitrogen and oxygen atoms in total. The van der Waals surface area contributed by atoms with Crippen molar-refractivity contribution < 1.29 is 46.5 Å². The molecule has 0 aliphatic heterocycles. The van der Waals surface area contributed by atoms with Crippen LogP contribution in [0.25, 0.3) is 0 Å². The molecule has 183 valence electrons. The third-order valence-corrected chi connectivity index (χ3v) is 2.96. The Morgan fingerprint density at radius 2 is 0.710 bits per heavy atom. The Kier molecular flexibility index (Phi) is 25.2. The van der Waals surface area contributed by atoms with Crippen molar-refractivity contribution in [1.29, 1.82) is 0 Å². The van der Waals surface area contributed by atoms with Gasteiger partial charge in [0.1, 0.15) is 0 Å². The predicted molar refractivity (Wildman–Crippen MR) is 123 cm³/mol. The fraction of sp³-hybridized carbons (Fsp3) is 0.625. The van der Waals surface area contributed by atoms with Crippen molar-refractivity contribution in [3.05, 3.63) is 35.5 Å². The molecule has 0 rings (SSSR count). The Morgan fingerprint density at radius 1 is 0.548 bits per heavy atom. The molecule has 0 aromatic carbocycles. The average Bonchev–Trinajstić information content (AvgIpc) is 2.42. The molecular weight excluding hydrogens is 443 g/mol. The summed E-state index contributed by atoms with van der Waals surface area (Å²) in [6, 6.07) is 0. The van der Waals surface area contributed by atoms with Gasteiger partial charge >= 0.3 is 0 Å². The van der Waals surface area contributed by atoms with Gasteiger partial charge in [0.05, 0.1) is 17.3 Å². The van der Waals surface area contributed by atoms with E-state index in [4.69, 9.17) is 15.3 Å². The Balaban J connectivity index is -0.000000174. The largest absolute Gasteiger partial charge is 0.512 e. The molecule has 0 aliphatic rings. The molecule has 0 unspecified atom stereocenters. The van der Waals surface area contributed by atoms with E-state index < -0.39 is 0 Å². The number of rotatable bonds is 9. The molecule has 0 aromatic heterocycles. The van der Waals surface area contributed by atoms with E-state index >= 15 is 0 Å². The first-order valence-electron chi connectivity index (χ1n) is 10.3. The van der Waals surface area contributed by atoms with Crippen LogP contribution in [0, 0.1) is 17.8 Å². The summed E-state index contributed by atoms with van der Waals surface area (Å²) in [6.07, 6.45) is 5.54. The molecule has 7 heteroatoms. The van der Waals surface area contributed by atoms with Crippen molar-refractivity contribution in [3.8, 4) is 0 Å². The molecule has 0 saturated heterocycles. The smallest absolute Gasteiger partial charge is 0.155 e. The van der Waals surface area contributed by atoms with Gasteiger partial charge in [-0.15, -0.1) is 0 Å². The Bertz CT molecular complexity index is 528. The van der Waals surface area contributed by atoms with Gasteiger partial charge in [0.15, 0.2) is 17.3 Å². The van der Waals surface area contributed by atoms with Crippen LogP contribution in [0.2, 0.25) is 0 Å². The number of carbonyl (C=O) groups is 3. The maximum atomic E-state index is 10.4. The molecule has 0 aliphatic carbocycles. The minimum atomic E-state index is -0.0989. The summed E-state index contributed by atoms with van der Waals surface area (Å²) in [5.74, 6) is 1.45. The summed E-state index contributed by atoms with van der Waals surface area (Å²) in [6.45, 7) is 16.2. The van der Waals surface area contributed by atoms with E-state index in [1.165, 1.54) is 39.0 Å². The summed E-state index contributed by atoms with van der Waals surface area (Å²) in [7, 11) is 0. The van der Waals surface area contributed by atoms with Gasteiger partial charge in [0.25, 0.3) is 0 Å².